The number of nitrogens with zero attached hydrogens (tertiary/aromatic N) is 3. The molecule has 36 heteroatoms. The highest BCUT2D eigenvalue weighted by molar-refractivity contribution is 5.58. The molecule has 1 aromatic heterocycles. The molecule has 0 aliphatic rings. The zero-order valence-corrected chi connectivity index (χ0v) is 26.5. The van der Waals surface area contributed by atoms with Gasteiger partial charge < -0.3 is 11.5 Å². The SMILES string of the molecule is Nc1nc(N)nc(-c2ccc(C(F)(F)C(F)(F)C(F)(F)C(F)(F)C(F)(F)C(F)(F)C(F)(F)C(F)(F)C(F)(F)C(F)(F)C(F)(F)C(F)(F)C(F)(F)C(F)(F)C(F)(F)F)cc2)n1. The van der Waals surface area contributed by atoms with Crippen molar-refractivity contribution in [2.75, 3.05) is 11.5 Å². The van der Waals surface area contributed by atoms with Crippen LogP contribution in [0.1, 0.15) is 5.56 Å². The molecule has 2 rings (SSSR count). The summed E-state index contributed by atoms with van der Waals surface area (Å²) in [6, 6.07) is -1.02. The Balaban J connectivity index is 2.76. The smallest absolute Gasteiger partial charge is 0.368 e. The Morgan fingerprint density at radius 1 is 0.283 bits per heavy atom. The van der Waals surface area contributed by atoms with Crippen LogP contribution in [0.15, 0.2) is 24.3 Å². The van der Waals surface area contributed by atoms with Gasteiger partial charge >= 0.3 is 89.1 Å². The number of rotatable bonds is 15. The summed E-state index contributed by atoms with van der Waals surface area (Å²) in [4.78, 5) is 9.74. The van der Waals surface area contributed by atoms with Crippen LogP contribution in [0.2, 0.25) is 0 Å². The third-order valence-corrected chi connectivity index (χ3v) is 7.66. The third kappa shape index (κ3) is 6.30. The second-order valence-corrected chi connectivity index (χ2v) is 11.5. The molecule has 1 heterocycles. The molecule has 0 amide bonds. The summed E-state index contributed by atoms with van der Waals surface area (Å²) in [5.41, 5.74) is 6.75. The molecule has 4 N–H and O–H groups in total. The molecule has 346 valence electrons. The fourth-order valence-corrected chi connectivity index (χ4v) is 4.09. The van der Waals surface area contributed by atoms with Gasteiger partial charge in [-0.2, -0.15) is 151 Å². The lowest BCUT2D eigenvalue weighted by Crippen LogP contribution is -2.79. The van der Waals surface area contributed by atoms with Crippen molar-refractivity contribution in [2.24, 2.45) is 0 Å². The molecule has 0 unspecified atom stereocenters. The minimum atomic E-state index is -10.1. The fourth-order valence-electron chi connectivity index (χ4n) is 4.09. The molecule has 0 aliphatic carbocycles. The highest BCUT2D eigenvalue weighted by Gasteiger charge is 3.01. The van der Waals surface area contributed by atoms with E-state index in [9.17, 15) is 136 Å². The number of aromatic nitrogens is 3. The Kier molecular flexibility index (Phi) is 11.7. The number of hydrogen-bond donors (Lipinski definition) is 2. The first-order valence-electron chi connectivity index (χ1n) is 13.6. The van der Waals surface area contributed by atoms with Crippen molar-refractivity contribution in [3.05, 3.63) is 29.8 Å². The molecule has 1 aromatic carbocycles. The standard InChI is InChI=1S/C24H8F31N5/c25-10(26,6-3-1-5(2-4-6)7-58-8(56)60-9(57)59-7)11(27,28)12(29,30)13(31,32)14(33,34)15(35,36)16(37,38)17(39,40)18(41,42)19(43,44)20(45,46)21(47,48)22(49,50)23(51,52)24(53,54)55/h1-4H,(H4,56,57,58,59,60). The van der Waals surface area contributed by atoms with Crippen LogP contribution in [0, 0.1) is 0 Å². The Bertz CT molecular complexity index is 1880. The number of alkyl halides is 31. The first kappa shape index (κ1) is 51.8. The molecule has 0 bridgehead atoms. The van der Waals surface area contributed by atoms with E-state index >= 15 is 0 Å². The Hall–Kier alpha value is -4.34. The van der Waals surface area contributed by atoms with Gasteiger partial charge in [0.25, 0.3) is 0 Å². The van der Waals surface area contributed by atoms with Crippen LogP contribution in [0.3, 0.4) is 0 Å². The minimum Gasteiger partial charge on any atom is -0.368 e. The average Bonchev–Trinajstić information content (AvgIpc) is 3.06. The number of nitrogens with two attached hydrogens (primary N) is 2. The molecule has 0 radical (unpaired) electrons. The quantitative estimate of drug-likeness (QED) is 0.174. The molecule has 2 aromatic rings. The van der Waals surface area contributed by atoms with Crippen molar-refractivity contribution >= 4 is 11.9 Å². The van der Waals surface area contributed by atoms with Gasteiger partial charge in [0.1, 0.15) is 0 Å². The van der Waals surface area contributed by atoms with Crippen molar-refractivity contribution < 1.29 is 136 Å². The minimum absolute atomic E-state index is 0.0353. The molecule has 0 saturated heterocycles. The van der Waals surface area contributed by atoms with E-state index in [1.54, 1.807) is 0 Å². The van der Waals surface area contributed by atoms with Gasteiger partial charge in [-0.1, -0.05) is 24.3 Å². The molecular formula is C24H8F31N5. The van der Waals surface area contributed by atoms with Gasteiger partial charge in [-0.25, -0.2) is 0 Å². The molecular weight excluding hydrogens is 947 g/mol. The van der Waals surface area contributed by atoms with Crippen LogP contribution in [-0.4, -0.2) is 98.1 Å². The first-order valence-corrected chi connectivity index (χ1v) is 13.6. The van der Waals surface area contributed by atoms with E-state index in [0.29, 0.717) is 0 Å². The number of anilines is 2. The maximum absolute atomic E-state index is 14.6. The van der Waals surface area contributed by atoms with Gasteiger partial charge in [-0.05, 0) is 0 Å². The van der Waals surface area contributed by atoms with Gasteiger partial charge in [0.2, 0.25) is 11.9 Å². The number of nitrogen functional groups attached to an aromatic ring is 2. The van der Waals surface area contributed by atoms with E-state index in [-0.39, 0.29) is 12.1 Å². The molecule has 5 nitrogen and oxygen atoms in total. The monoisotopic (exact) mass is 955 g/mol. The second-order valence-electron chi connectivity index (χ2n) is 11.5. The summed E-state index contributed by atoms with van der Waals surface area (Å²) in [7, 11) is 0. The van der Waals surface area contributed by atoms with Gasteiger partial charge in [-0.15, -0.1) is 0 Å². The Labute approximate surface area is 305 Å². The molecule has 0 spiro atoms. The normalized spacial score (nSPS) is 16.1. The summed E-state index contributed by atoms with van der Waals surface area (Å²) in [6.07, 6.45) is -8.36. The summed E-state index contributed by atoms with van der Waals surface area (Å²) >= 11 is 0. The lowest BCUT2D eigenvalue weighted by atomic mass is 9.82. The van der Waals surface area contributed by atoms with E-state index in [4.69, 9.17) is 11.5 Å². The Morgan fingerprint density at radius 3 is 0.733 bits per heavy atom. The lowest BCUT2D eigenvalue weighted by molar-refractivity contribution is -0.489. The zero-order valence-electron chi connectivity index (χ0n) is 26.5. The topological polar surface area (TPSA) is 90.7 Å². The van der Waals surface area contributed by atoms with Crippen molar-refractivity contribution in [3.63, 3.8) is 0 Å². The van der Waals surface area contributed by atoms with Crippen molar-refractivity contribution in [2.45, 2.75) is 89.1 Å². The largest absolute Gasteiger partial charge is 0.460 e. The van der Waals surface area contributed by atoms with E-state index in [1.165, 1.54) is 0 Å². The molecule has 60 heavy (non-hydrogen) atoms. The highest BCUT2D eigenvalue weighted by atomic mass is 19.4. The van der Waals surface area contributed by atoms with Crippen LogP contribution in [0.4, 0.5) is 148 Å². The van der Waals surface area contributed by atoms with Crippen LogP contribution in [-0.2, 0) is 5.92 Å². The van der Waals surface area contributed by atoms with E-state index in [2.05, 4.69) is 15.0 Å². The summed E-state index contributed by atoms with van der Waals surface area (Å²) < 4.78 is 428. The predicted octanol–water partition coefficient (Wildman–Crippen LogP) is 10.6. The zero-order chi connectivity index (χ0) is 48.3. The van der Waals surface area contributed by atoms with Gasteiger partial charge in [0.05, 0.1) is 0 Å². The number of hydrogen-bond acceptors (Lipinski definition) is 5. The number of halogens is 31. The van der Waals surface area contributed by atoms with Crippen molar-refractivity contribution in [3.8, 4) is 11.4 Å². The van der Waals surface area contributed by atoms with E-state index in [0.717, 1.165) is 0 Å². The Morgan fingerprint density at radius 2 is 0.500 bits per heavy atom. The summed E-state index contributed by atoms with van der Waals surface area (Å²) in [5, 5.41) is 0. The highest BCUT2D eigenvalue weighted by Crippen LogP contribution is 2.69. The summed E-state index contributed by atoms with van der Waals surface area (Å²) in [5.74, 6) is -135. The maximum Gasteiger partial charge on any atom is 0.460 e. The van der Waals surface area contributed by atoms with E-state index < -0.39 is 130 Å². The van der Waals surface area contributed by atoms with Crippen LogP contribution in [0.5, 0.6) is 0 Å². The van der Waals surface area contributed by atoms with Crippen LogP contribution < -0.4 is 11.5 Å². The van der Waals surface area contributed by atoms with Gasteiger partial charge in [0, 0.05) is 11.1 Å². The average molecular weight is 955 g/mol. The lowest BCUT2D eigenvalue weighted by Gasteiger charge is -2.46. The van der Waals surface area contributed by atoms with Gasteiger partial charge in [0.15, 0.2) is 5.82 Å². The molecule has 0 atom stereocenters. The first-order chi connectivity index (χ1) is 25.9. The molecule has 0 fully saturated rings. The van der Waals surface area contributed by atoms with Crippen LogP contribution in [0.25, 0.3) is 11.4 Å². The van der Waals surface area contributed by atoms with Crippen molar-refractivity contribution in [1.82, 2.24) is 15.0 Å². The maximum atomic E-state index is 14.6. The third-order valence-electron chi connectivity index (χ3n) is 7.66. The van der Waals surface area contributed by atoms with Crippen molar-refractivity contribution in [1.29, 1.82) is 0 Å². The fraction of sp³-hybridized carbons (Fsp3) is 0.625. The summed E-state index contributed by atoms with van der Waals surface area (Å²) in [6.45, 7) is 0. The molecule has 0 aliphatic heterocycles. The number of benzene rings is 1. The second kappa shape index (κ2) is 13.6. The van der Waals surface area contributed by atoms with Crippen LogP contribution >= 0.6 is 0 Å². The van der Waals surface area contributed by atoms with E-state index in [1.807, 2.05) is 0 Å². The molecule has 0 saturated carbocycles. The van der Waals surface area contributed by atoms with Gasteiger partial charge in [-0.3, -0.25) is 0 Å². The predicted molar refractivity (Wildman–Crippen MR) is 128 cm³/mol.